The Hall–Kier alpha value is -0.300. The molecule has 3 aliphatic rings. The van der Waals surface area contributed by atoms with Crippen LogP contribution in [0.4, 0.5) is 0 Å². The molecule has 1 saturated heterocycles. The van der Waals surface area contributed by atoms with E-state index in [1.165, 1.54) is 12.8 Å². The first kappa shape index (κ1) is 5.48. The second kappa shape index (κ2) is 2.14. The van der Waals surface area contributed by atoms with Crippen molar-refractivity contribution in [1.82, 2.24) is 5.32 Å². The average Bonchev–Trinajstić information content (AvgIpc) is 2.21. The van der Waals surface area contributed by atoms with Gasteiger partial charge in [0.25, 0.3) is 0 Å². The van der Waals surface area contributed by atoms with Crippen molar-refractivity contribution in [2.45, 2.75) is 12.8 Å². The summed E-state index contributed by atoms with van der Waals surface area (Å²) in [5, 5.41) is 4.43. The topological polar surface area (TPSA) is 14.1 Å². The Balaban J connectivity index is 2.15. The molecule has 0 N–H and O–H groups in total. The van der Waals surface area contributed by atoms with Gasteiger partial charge in [-0.15, -0.1) is 0 Å². The molecule has 0 spiro atoms. The molecule has 2 bridgehead atoms. The molecule has 0 aromatic rings. The molecule has 1 fully saturated rings. The fourth-order valence-corrected chi connectivity index (χ4v) is 1.65. The predicted molar refractivity (Wildman–Crippen MR) is 37.2 cm³/mol. The minimum atomic E-state index is 0.795. The molecule has 1 aliphatic carbocycles. The molecule has 1 nitrogen and oxygen atoms in total. The van der Waals surface area contributed by atoms with Crippen molar-refractivity contribution in [3.8, 4) is 0 Å². The molecule has 9 heavy (non-hydrogen) atoms. The fourth-order valence-electron chi connectivity index (χ4n) is 1.65. The van der Waals surface area contributed by atoms with Gasteiger partial charge in [0.2, 0.25) is 0 Å². The van der Waals surface area contributed by atoms with Gasteiger partial charge in [-0.05, 0) is 24.7 Å². The highest BCUT2D eigenvalue weighted by atomic mass is 14.9. The lowest BCUT2D eigenvalue weighted by atomic mass is 9.91. The Morgan fingerprint density at radius 2 is 1.56 bits per heavy atom. The summed E-state index contributed by atoms with van der Waals surface area (Å²) in [6.45, 7) is 2.18. The third-order valence-corrected chi connectivity index (χ3v) is 2.29. The smallest absolute Gasteiger partial charge is 0.0196 e. The zero-order valence-corrected chi connectivity index (χ0v) is 5.59. The van der Waals surface area contributed by atoms with Crippen LogP contribution in [0.25, 0.3) is 0 Å². The lowest BCUT2D eigenvalue weighted by molar-refractivity contribution is 0.525. The molecule has 0 aromatic carbocycles. The molecule has 3 rings (SSSR count). The van der Waals surface area contributed by atoms with E-state index in [-0.39, 0.29) is 0 Å². The zero-order chi connectivity index (χ0) is 6.10. The summed E-state index contributed by atoms with van der Waals surface area (Å²) in [5.41, 5.74) is 0. The minimum absolute atomic E-state index is 0.795. The van der Waals surface area contributed by atoms with E-state index in [1.54, 1.807) is 0 Å². The summed E-state index contributed by atoms with van der Waals surface area (Å²) in [5.74, 6) is 1.59. The Morgan fingerprint density at radius 1 is 1.00 bits per heavy atom. The van der Waals surface area contributed by atoms with Crippen LogP contribution in [-0.4, -0.2) is 13.1 Å². The van der Waals surface area contributed by atoms with E-state index in [1.807, 2.05) is 0 Å². The van der Waals surface area contributed by atoms with Crippen LogP contribution < -0.4 is 5.32 Å². The van der Waals surface area contributed by atoms with Gasteiger partial charge in [-0.1, -0.05) is 12.2 Å². The molecule has 0 saturated carbocycles. The van der Waals surface area contributed by atoms with E-state index >= 15 is 0 Å². The summed E-state index contributed by atoms with van der Waals surface area (Å²) in [4.78, 5) is 0. The van der Waals surface area contributed by atoms with E-state index in [0.717, 1.165) is 24.9 Å². The standard InChI is InChI=1S/C8H12N/c1-2-8-4-3-7(1)5-9-6-8/h1-2,7-8H,3-6H2. The van der Waals surface area contributed by atoms with Crippen LogP contribution >= 0.6 is 0 Å². The maximum Gasteiger partial charge on any atom is 0.0196 e. The maximum atomic E-state index is 4.43. The molecule has 0 aromatic heterocycles. The summed E-state index contributed by atoms with van der Waals surface area (Å²) < 4.78 is 0. The first-order chi connectivity index (χ1) is 4.45. The number of nitrogens with zero attached hydrogens (tertiary/aromatic N) is 1. The monoisotopic (exact) mass is 122 g/mol. The van der Waals surface area contributed by atoms with Crippen LogP contribution in [0.15, 0.2) is 12.2 Å². The predicted octanol–water partition coefficient (Wildman–Crippen LogP) is 1.19. The maximum absolute atomic E-state index is 4.43. The van der Waals surface area contributed by atoms with E-state index in [2.05, 4.69) is 17.5 Å². The molecule has 1 heteroatoms. The van der Waals surface area contributed by atoms with Gasteiger partial charge >= 0.3 is 0 Å². The largest absolute Gasteiger partial charge is 0.241 e. The Labute approximate surface area is 56.1 Å². The molecule has 2 unspecified atom stereocenters. The van der Waals surface area contributed by atoms with Crippen molar-refractivity contribution >= 4 is 0 Å². The van der Waals surface area contributed by atoms with Crippen molar-refractivity contribution in [2.24, 2.45) is 11.8 Å². The van der Waals surface area contributed by atoms with Gasteiger partial charge in [-0.2, -0.15) is 0 Å². The van der Waals surface area contributed by atoms with Gasteiger partial charge in [0.15, 0.2) is 0 Å². The lowest BCUT2D eigenvalue weighted by Gasteiger charge is -2.13. The Kier molecular flexibility index (Phi) is 1.31. The summed E-state index contributed by atoms with van der Waals surface area (Å²) in [6.07, 6.45) is 7.46. The van der Waals surface area contributed by atoms with Gasteiger partial charge in [0.1, 0.15) is 0 Å². The highest BCUT2D eigenvalue weighted by Crippen LogP contribution is 2.24. The van der Waals surface area contributed by atoms with E-state index in [4.69, 9.17) is 0 Å². The summed E-state index contributed by atoms with van der Waals surface area (Å²) >= 11 is 0. The van der Waals surface area contributed by atoms with Crippen molar-refractivity contribution in [2.75, 3.05) is 13.1 Å². The minimum Gasteiger partial charge on any atom is -0.241 e. The summed E-state index contributed by atoms with van der Waals surface area (Å²) in [7, 11) is 0. The molecular weight excluding hydrogens is 110 g/mol. The SMILES string of the molecule is C1=CC2CCC1C[N]C2. The quantitative estimate of drug-likeness (QED) is 0.428. The van der Waals surface area contributed by atoms with Gasteiger partial charge in [0.05, 0.1) is 0 Å². The van der Waals surface area contributed by atoms with Gasteiger partial charge in [0, 0.05) is 13.1 Å². The first-order valence-corrected chi connectivity index (χ1v) is 3.77. The van der Waals surface area contributed by atoms with Crippen LogP contribution in [-0.2, 0) is 0 Å². The van der Waals surface area contributed by atoms with Crippen molar-refractivity contribution in [1.29, 1.82) is 0 Å². The average molecular weight is 122 g/mol. The number of hydrogen-bond donors (Lipinski definition) is 0. The zero-order valence-electron chi connectivity index (χ0n) is 5.59. The highest BCUT2D eigenvalue weighted by molar-refractivity contribution is 5.01. The molecule has 2 atom stereocenters. The lowest BCUT2D eigenvalue weighted by Crippen LogP contribution is -2.11. The normalized spacial score (nSPS) is 40.9. The molecular formula is C8H12N. The third-order valence-electron chi connectivity index (χ3n) is 2.29. The van der Waals surface area contributed by atoms with Crippen molar-refractivity contribution in [3.05, 3.63) is 12.2 Å². The van der Waals surface area contributed by atoms with Crippen molar-refractivity contribution < 1.29 is 0 Å². The third kappa shape index (κ3) is 1.01. The molecule has 1 radical (unpaired) electrons. The van der Waals surface area contributed by atoms with Crippen LogP contribution in [0.2, 0.25) is 0 Å². The van der Waals surface area contributed by atoms with Gasteiger partial charge < -0.3 is 0 Å². The molecule has 0 amide bonds. The number of fused-ring (bicyclic) bond motifs is 3. The molecule has 49 valence electrons. The second-order valence-corrected chi connectivity index (χ2v) is 3.07. The van der Waals surface area contributed by atoms with Crippen molar-refractivity contribution in [3.63, 3.8) is 0 Å². The highest BCUT2D eigenvalue weighted by Gasteiger charge is 2.19. The van der Waals surface area contributed by atoms with Crippen LogP contribution in [0, 0.1) is 11.8 Å². The number of hydrogen-bond acceptors (Lipinski definition) is 0. The summed E-state index contributed by atoms with van der Waals surface area (Å²) in [6, 6.07) is 0. The Bertz CT molecular complexity index is 111. The van der Waals surface area contributed by atoms with E-state index in [0.29, 0.717) is 0 Å². The Morgan fingerprint density at radius 3 is 2.00 bits per heavy atom. The van der Waals surface area contributed by atoms with E-state index in [9.17, 15) is 0 Å². The van der Waals surface area contributed by atoms with Gasteiger partial charge in [-0.3, -0.25) is 0 Å². The number of rotatable bonds is 0. The molecule has 2 heterocycles. The molecule has 2 aliphatic heterocycles. The van der Waals surface area contributed by atoms with Crippen LogP contribution in [0.3, 0.4) is 0 Å². The van der Waals surface area contributed by atoms with E-state index < -0.39 is 0 Å². The fraction of sp³-hybridized carbons (Fsp3) is 0.750. The van der Waals surface area contributed by atoms with Crippen LogP contribution in [0.5, 0.6) is 0 Å². The first-order valence-electron chi connectivity index (χ1n) is 3.77. The second-order valence-electron chi connectivity index (χ2n) is 3.07. The van der Waals surface area contributed by atoms with Crippen LogP contribution in [0.1, 0.15) is 12.8 Å². The van der Waals surface area contributed by atoms with Gasteiger partial charge in [-0.25, -0.2) is 5.32 Å².